The molecular weight excluding hydrogens is 389 g/mol. The summed E-state index contributed by atoms with van der Waals surface area (Å²) < 4.78 is 19.8. The molecule has 0 saturated heterocycles. The smallest absolute Gasteiger partial charge is 0.290 e. The summed E-state index contributed by atoms with van der Waals surface area (Å²) >= 11 is 0. The van der Waals surface area contributed by atoms with E-state index in [1.165, 1.54) is 23.1 Å². The molecule has 2 N–H and O–H groups in total. The molecule has 1 heterocycles. The van der Waals surface area contributed by atoms with Gasteiger partial charge >= 0.3 is 0 Å². The number of aliphatic hydroxyl groups excluding tert-OH is 2. The third-order valence-corrected chi connectivity index (χ3v) is 5.00. The molecule has 0 spiro atoms. The summed E-state index contributed by atoms with van der Waals surface area (Å²) in [5.74, 6) is -2.36. The van der Waals surface area contributed by atoms with Crippen molar-refractivity contribution in [2.45, 2.75) is 18.9 Å². The van der Waals surface area contributed by atoms with E-state index in [0.29, 0.717) is 6.42 Å². The van der Waals surface area contributed by atoms with Crippen molar-refractivity contribution in [3.8, 4) is 0 Å². The van der Waals surface area contributed by atoms with E-state index in [0.717, 1.165) is 5.56 Å². The number of hydrogen-bond donors (Lipinski definition) is 2. The molecule has 0 aromatic heterocycles. The Kier molecular flexibility index (Phi) is 7.32. The van der Waals surface area contributed by atoms with E-state index >= 15 is 0 Å². The molecule has 158 valence electrons. The number of amides is 1. The zero-order valence-corrected chi connectivity index (χ0v) is 16.5. The second-order valence-corrected chi connectivity index (χ2v) is 6.93. The number of Topliss-reactive ketones (excluding diaryl/α,β-unsaturated/α-hetero) is 1. The van der Waals surface area contributed by atoms with Crippen LogP contribution in [0.15, 0.2) is 65.9 Å². The molecule has 0 saturated carbocycles. The fraction of sp³-hybridized carbons (Fsp3) is 0.304. The zero-order chi connectivity index (χ0) is 21.5. The molecule has 0 bridgehead atoms. The van der Waals surface area contributed by atoms with Gasteiger partial charge in [0, 0.05) is 18.5 Å². The minimum Gasteiger partial charge on any atom is -0.503 e. The van der Waals surface area contributed by atoms with Crippen LogP contribution >= 0.6 is 0 Å². The molecule has 0 aliphatic carbocycles. The van der Waals surface area contributed by atoms with Crippen molar-refractivity contribution in [1.82, 2.24) is 4.90 Å². The first-order valence-electron chi connectivity index (χ1n) is 9.78. The van der Waals surface area contributed by atoms with Crippen LogP contribution in [-0.4, -0.2) is 53.2 Å². The summed E-state index contributed by atoms with van der Waals surface area (Å²) in [6, 6.07) is 14.2. The van der Waals surface area contributed by atoms with Crippen molar-refractivity contribution in [3.05, 3.63) is 82.9 Å². The Balaban J connectivity index is 1.87. The first-order chi connectivity index (χ1) is 14.5. The topological polar surface area (TPSA) is 87.1 Å². The van der Waals surface area contributed by atoms with Crippen LogP contribution in [0, 0.1) is 5.82 Å². The third kappa shape index (κ3) is 4.75. The molecule has 1 atom stereocenters. The Morgan fingerprint density at radius 2 is 1.77 bits per heavy atom. The maximum absolute atomic E-state index is 14.6. The molecule has 1 aliphatic heterocycles. The van der Waals surface area contributed by atoms with Gasteiger partial charge in [0.25, 0.3) is 5.91 Å². The van der Waals surface area contributed by atoms with Crippen molar-refractivity contribution >= 4 is 11.7 Å². The summed E-state index contributed by atoms with van der Waals surface area (Å²) in [6.45, 7) is 0.0411. The van der Waals surface area contributed by atoms with Gasteiger partial charge in [0.05, 0.1) is 31.4 Å². The lowest BCUT2D eigenvalue weighted by molar-refractivity contribution is -0.130. The van der Waals surface area contributed by atoms with Gasteiger partial charge in [-0.25, -0.2) is 4.39 Å². The van der Waals surface area contributed by atoms with Crippen molar-refractivity contribution in [3.63, 3.8) is 0 Å². The highest BCUT2D eigenvalue weighted by molar-refractivity contribution is 6.09. The SMILES string of the molecule is O=C(CCc1ccccc1)C1=C(O)C(=O)N(CCOCCO)C1c1ccccc1F. The maximum atomic E-state index is 14.6. The summed E-state index contributed by atoms with van der Waals surface area (Å²) in [7, 11) is 0. The molecule has 1 unspecified atom stereocenters. The number of hydrogen-bond acceptors (Lipinski definition) is 5. The Labute approximate surface area is 174 Å². The van der Waals surface area contributed by atoms with Crippen LogP contribution in [0.25, 0.3) is 0 Å². The molecule has 3 rings (SSSR count). The molecule has 2 aromatic carbocycles. The fourth-order valence-electron chi connectivity index (χ4n) is 3.56. The van der Waals surface area contributed by atoms with E-state index in [2.05, 4.69) is 0 Å². The predicted molar refractivity (Wildman–Crippen MR) is 108 cm³/mol. The van der Waals surface area contributed by atoms with E-state index in [4.69, 9.17) is 9.84 Å². The van der Waals surface area contributed by atoms with Gasteiger partial charge < -0.3 is 19.8 Å². The largest absolute Gasteiger partial charge is 0.503 e. The third-order valence-electron chi connectivity index (χ3n) is 5.00. The number of carbonyl (C=O) groups excluding carboxylic acids is 2. The highest BCUT2D eigenvalue weighted by Crippen LogP contribution is 2.39. The molecule has 1 amide bonds. The van der Waals surface area contributed by atoms with Crippen molar-refractivity contribution in [2.24, 2.45) is 0 Å². The van der Waals surface area contributed by atoms with Crippen molar-refractivity contribution in [1.29, 1.82) is 0 Å². The maximum Gasteiger partial charge on any atom is 0.290 e. The van der Waals surface area contributed by atoms with Gasteiger partial charge in [-0.2, -0.15) is 0 Å². The van der Waals surface area contributed by atoms with Gasteiger partial charge in [-0.05, 0) is 18.1 Å². The lowest BCUT2D eigenvalue weighted by Gasteiger charge is -2.27. The van der Waals surface area contributed by atoms with Crippen LogP contribution in [0.2, 0.25) is 0 Å². The van der Waals surface area contributed by atoms with E-state index in [9.17, 15) is 19.1 Å². The van der Waals surface area contributed by atoms with Gasteiger partial charge in [-0.15, -0.1) is 0 Å². The van der Waals surface area contributed by atoms with Gasteiger partial charge in [-0.3, -0.25) is 9.59 Å². The van der Waals surface area contributed by atoms with Gasteiger partial charge in [0.1, 0.15) is 5.82 Å². The van der Waals surface area contributed by atoms with Crippen LogP contribution in [0.3, 0.4) is 0 Å². The molecule has 7 heteroatoms. The first-order valence-corrected chi connectivity index (χ1v) is 9.78. The molecule has 2 aromatic rings. The van der Waals surface area contributed by atoms with Crippen LogP contribution < -0.4 is 0 Å². The Morgan fingerprint density at radius 3 is 2.47 bits per heavy atom. The minimum absolute atomic E-state index is 0.0390. The zero-order valence-electron chi connectivity index (χ0n) is 16.5. The predicted octanol–water partition coefficient (Wildman–Crippen LogP) is 2.73. The second kappa shape index (κ2) is 10.1. The molecule has 30 heavy (non-hydrogen) atoms. The van der Waals surface area contributed by atoms with Crippen LogP contribution in [0.5, 0.6) is 0 Å². The lowest BCUT2D eigenvalue weighted by atomic mass is 9.93. The molecule has 1 aliphatic rings. The van der Waals surface area contributed by atoms with Gasteiger partial charge in [0.15, 0.2) is 11.5 Å². The Hall–Kier alpha value is -3.03. The number of carbonyl (C=O) groups is 2. The van der Waals surface area contributed by atoms with Crippen molar-refractivity contribution < 1.29 is 28.9 Å². The summed E-state index contributed by atoms with van der Waals surface area (Å²) in [5, 5.41) is 19.3. The van der Waals surface area contributed by atoms with E-state index in [1.807, 2.05) is 30.3 Å². The summed E-state index contributed by atoms with van der Waals surface area (Å²) in [6.07, 6.45) is 0.519. The quantitative estimate of drug-likeness (QED) is 0.585. The molecule has 0 radical (unpaired) electrons. The number of aliphatic hydroxyl groups is 2. The first kappa shape index (κ1) is 21.7. The van der Waals surface area contributed by atoms with E-state index in [1.54, 1.807) is 6.07 Å². The fourth-order valence-corrected chi connectivity index (χ4v) is 3.56. The number of nitrogens with zero attached hydrogens (tertiary/aromatic N) is 1. The van der Waals surface area contributed by atoms with Crippen LogP contribution in [0.4, 0.5) is 4.39 Å². The number of ether oxygens (including phenoxy) is 1. The number of rotatable bonds is 10. The van der Waals surface area contributed by atoms with E-state index in [-0.39, 0.29) is 43.9 Å². The van der Waals surface area contributed by atoms with Crippen LogP contribution in [-0.2, 0) is 20.7 Å². The number of ketones is 1. The second-order valence-electron chi connectivity index (χ2n) is 6.93. The van der Waals surface area contributed by atoms with Crippen molar-refractivity contribution in [2.75, 3.05) is 26.4 Å². The molecule has 6 nitrogen and oxygen atoms in total. The Bertz CT molecular complexity index is 928. The highest BCUT2D eigenvalue weighted by atomic mass is 19.1. The van der Waals surface area contributed by atoms with E-state index < -0.39 is 29.3 Å². The lowest BCUT2D eigenvalue weighted by Crippen LogP contribution is -2.34. The highest BCUT2D eigenvalue weighted by Gasteiger charge is 2.43. The average Bonchev–Trinajstić information content (AvgIpc) is 3.01. The normalized spacial score (nSPS) is 16.4. The summed E-state index contributed by atoms with van der Waals surface area (Å²) in [4.78, 5) is 26.9. The standard InChI is InChI=1S/C23H24FNO5/c24-18-9-5-4-8-17(18)21-20(19(27)11-10-16-6-2-1-3-7-16)22(28)23(29)25(21)12-14-30-15-13-26/h1-9,21,26,28H,10-15H2. The average molecular weight is 413 g/mol. The Morgan fingerprint density at radius 1 is 1.07 bits per heavy atom. The summed E-state index contributed by atoms with van der Waals surface area (Å²) in [5.41, 5.74) is 0.996. The number of halogens is 1. The molecular formula is C23H24FNO5. The number of benzene rings is 2. The monoisotopic (exact) mass is 413 g/mol. The van der Waals surface area contributed by atoms with Crippen LogP contribution in [0.1, 0.15) is 23.6 Å². The van der Waals surface area contributed by atoms with Gasteiger partial charge in [0.2, 0.25) is 0 Å². The minimum atomic E-state index is -1.03. The molecule has 0 fully saturated rings. The number of aryl methyl sites for hydroxylation is 1. The van der Waals surface area contributed by atoms with Gasteiger partial charge in [-0.1, -0.05) is 48.5 Å².